The van der Waals surface area contributed by atoms with E-state index >= 15 is 0 Å². The molecule has 0 unspecified atom stereocenters. The SMILES string of the molecule is NC(/C=C\N[C@H]1CC[C@@H](COC(=O)[C@H]2CCCN2C(=O)CNC(=O)OCc2ccccc2)O1)=NC(=O)[C@H]1CCCN1C(=O)CNC(=O)OCc1ccccc1. The van der Waals surface area contributed by atoms with Crippen molar-refractivity contribution < 1.29 is 47.7 Å². The number of ether oxygens (including phenoxy) is 4. The third-order valence-electron chi connectivity index (χ3n) is 9.19. The van der Waals surface area contributed by atoms with Gasteiger partial charge < -0.3 is 50.4 Å². The number of amidine groups is 1. The molecule has 3 aliphatic rings. The number of esters is 1. The summed E-state index contributed by atoms with van der Waals surface area (Å²) in [5.74, 6) is -2.02. The first-order valence-corrected chi connectivity index (χ1v) is 18.3. The third-order valence-corrected chi connectivity index (χ3v) is 9.19. The van der Waals surface area contributed by atoms with Gasteiger partial charge in [-0.3, -0.25) is 14.4 Å². The van der Waals surface area contributed by atoms with Gasteiger partial charge in [0.2, 0.25) is 11.8 Å². The number of likely N-dealkylation sites (tertiary alicyclic amines) is 2. The van der Waals surface area contributed by atoms with Crippen molar-refractivity contribution in [1.29, 1.82) is 0 Å². The summed E-state index contributed by atoms with van der Waals surface area (Å²) in [7, 11) is 0. The van der Waals surface area contributed by atoms with Crippen LogP contribution in [0.1, 0.15) is 49.7 Å². The molecule has 0 radical (unpaired) electrons. The van der Waals surface area contributed by atoms with Crippen LogP contribution in [0.25, 0.3) is 0 Å². The second-order valence-corrected chi connectivity index (χ2v) is 13.1. The number of hydrogen-bond donors (Lipinski definition) is 4. The van der Waals surface area contributed by atoms with E-state index in [9.17, 15) is 28.8 Å². The Bertz CT molecular complexity index is 1710. The van der Waals surface area contributed by atoms with Crippen LogP contribution in [0.5, 0.6) is 0 Å². The fourth-order valence-corrected chi connectivity index (χ4v) is 6.38. The minimum absolute atomic E-state index is 0.00240. The number of nitrogens with one attached hydrogen (secondary N) is 3. The summed E-state index contributed by atoms with van der Waals surface area (Å²) in [6.07, 6.45) is 3.96. The summed E-state index contributed by atoms with van der Waals surface area (Å²) in [4.78, 5) is 82.2. The van der Waals surface area contributed by atoms with E-state index in [-0.39, 0.29) is 44.8 Å². The first-order chi connectivity index (χ1) is 26.7. The normalized spacial score (nSPS) is 20.9. The highest BCUT2D eigenvalue weighted by molar-refractivity contribution is 6.02. The van der Waals surface area contributed by atoms with Crippen LogP contribution in [-0.2, 0) is 51.3 Å². The van der Waals surface area contributed by atoms with Gasteiger partial charge in [0, 0.05) is 19.3 Å². The zero-order chi connectivity index (χ0) is 39.0. The molecule has 294 valence electrons. The smallest absolute Gasteiger partial charge is 0.407 e. The summed E-state index contributed by atoms with van der Waals surface area (Å²) in [6.45, 7) is 0.225. The number of benzene rings is 2. The number of aliphatic imine (C=N–C) groups is 1. The Morgan fingerprint density at radius 3 is 1.87 bits per heavy atom. The first-order valence-electron chi connectivity index (χ1n) is 18.3. The van der Waals surface area contributed by atoms with Crippen LogP contribution < -0.4 is 21.7 Å². The van der Waals surface area contributed by atoms with Gasteiger partial charge in [-0.05, 0) is 55.7 Å². The topological polar surface area (TPSA) is 220 Å². The molecule has 0 spiro atoms. The molecule has 55 heavy (non-hydrogen) atoms. The number of carbonyl (C=O) groups excluding carboxylic acids is 6. The number of nitrogens with two attached hydrogens (primary N) is 1. The molecule has 5 rings (SSSR count). The molecule has 4 atom stereocenters. The van der Waals surface area contributed by atoms with Crippen molar-refractivity contribution in [2.24, 2.45) is 10.7 Å². The Labute approximate surface area is 318 Å². The second kappa shape index (κ2) is 20.5. The molecule has 3 saturated heterocycles. The molecule has 0 aromatic heterocycles. The van der Waals surface area contributed by atoms with Crippen molar-refractivity contribution in [3.8, 4) is 0 Å². The largest absolute Gasteiger partial charge is 0.461 e. The zero-order valence-corrected chi connectivity index (χ0v) is 30.4. The minimum Gasteiger partial charge on any atom is -0.461 e. The Morgan fingerprint density at radius 2 is 1.29 bits per heavy atom. The van der Waals surface area contributed by atoms with Gasteiger partial charge in [-0.15, -0.1) is 0 Å². The van der Waals surface area contributed by atoms with Crippen LogP contribution in [0.15, 0.2) is 77.9 Å². The van der Waals surface area contributed by atoms with Gasteiger partial charge in [0.15, 0.2) is 0 Å². The number of amides is 5. The van der Waals surface area contributed by atoms with Gasteiger partial charge >= 0.3 is 18.2 Å². The van der Waals surface area contributed by atoms with E-state index in [2.05, 4.69) is 20.9 Å². The molecule has 0 aliphatic carbocycles. The Kier molecular flexibility index (Phi) is 15.0. The van der Waals surface area contributed by atoms with E-state index in [1.807, 2.05) is 60.7 Å². The van der Waals surface area contributed by atoms with Crippen molar-refractivity contribution in [2.45, 2.75) is 76.2 Å². The van der Waals surface area contributed by atoms with Crippen molar-refractivity contribution in [1.82, 2.24) is 25.8 Å². The lowest BCUT2D eigenvalue weighted by atomic mass is 10.2. The summed E-state index contributed by atoms with van der Waals surface area (Å²) in [6, 6.07) is 16.7. The van der Waals surface area contributed by atoms with E-state index < -0.39 is 54.2 Å². The summed E-state index contributed by atoms with van der Waals surface area (Å²) >= 11 is 0. The van der Waals surface area contributed by atoms with Crippen LogP contribution >= 0.6 is 0 Å². The molecule has 5 amide bonds. The minimum atomic E-state index is -0.795. The van der Waals surface area contributed by atoms with Gasteiger partial charge in [0.05, 0.1) is 6.10 Å². The molecule has 2 aromatic carbocycles. The van der Waals surface area contributed by atoms with Crippen molar-refractivity contribution in [3.05, 3.63) is 84.1 Å². The molecule has 3 fully saturated rings. The number of carbonyl (C=O) groups is 6. The molecule has 5 N–H and O–H groups in total. The number of rotatable bonds is 15. The lowest BCUT2D eigenvalue weighted by Gasteiger charge is -2.24. The van der Waals surface area contributed by atoms with Crippen LogP contribution in [-0.4, -0.2) is 109 Å². The molecular weight excluding hydrogens is 714 g/mol. The molecule has 3 heterocycles. The van der Waals surface area contributed by atoms with E-state index in [1.54, 1.807) is 0 Å². The lowest BCUT2D eigenvalue weighted by Crippen LogP contribution is -2.46. The lowest BCUT2D eigenvalue weighted by molar-refractivity contribution is -0.156. The summed E-state index contributed by atoms with van der Waals surface area (Å²) < 4.78 is 21.7. The molecule has 0 saturated carbocycles. The highest BCUT2D eigenvalue weighted by atomic mass is 16.6. The molecule has 17 heteroatoms. The number of nitrogens with zero attached hydrogens (tertiary/aromatic N) is 3. The quantitative estimate of drug-likeness (QED) is 0.0885. The maximum absolute atomic E-state index is 12.9. The average Bonchev–Trinajstić information content (AvgIpc) is 3.99. The van der Waals surface area contributed by atoms with Gasteiger partial charge in [-0.25, -0.2) is 14.4 Å². The van der Waals surface area contributed by atoms with Crippen LogP contribution in [0, 0.1) is 0 Å². The first kappa shape index (κ1) is 40.2. The van der Waals surface area contributed by atoms with E-state index in [0.29, 0.717) is 51.6 Å². The molecule has 17 nitrogen and oxygen atoms in total. The third kappa shape index (κ3) is 12.6. The van der Waals surface area contributed by atoms with E-state index in [4.69, 9.17) is 24.7 Å². The predicted octanol–water partition coefficient (Wildman–Crippen LogP) is 1.86. The van der Waals surface area contributed by atoms with Crippen molar-refractivity contribution >= 4 is 41.7 Å². The summed E-state index contributed by atoms with van der Waals surface area (Å²) in [5, 5.41) is 7.90. The second-order valence-electron chi connectivity index (χ2n) is 13.1. The Balaban J connectivity index is 0.967. The molecule has 3 aliphatic heterocycles. The molecular formula is C38H47N7O10. The average molecular weight is 762 g/mol. The monoisotopic (exact) mass is 761 g/mol. The van der Waals surface area contributed by atoms with Crippen molar-refractivity contribution in [3.63, 3.8) is 0 Å². The van der Waals surface area contributed by atoms with Gasteiger partial charge in [0.1, 0.15) is 57.1 Å². The fourth-order valence-electron chi connectivity index (χ4n) is 6.38. The van der Waals surface area contributed by atoms with Gasteiger partial charge in [-0.2, -0.15) is 4.99 Å². The van der Waals surface area contributed by atoms with Crippen LogP contribution in [0.2, 0.25) is 0 Å². The van der Waals surface area contributed by atoms with E-state index in [1.165, 1.54) is 22.1 Å². The highest BCUT2D eigenvalue weighted by Gasteiger charge is 2.37. The number of hydrogen-bond acceptors (Lipinski definition) is 11. The fraction of sp³-hybridized carbons (Fsp3) is 0.447. The van der Waals surface area contributed by atoms with Crippen LogP contribution in [0.3, 0.4) is 0 Å². The molecule has 0 bridgehead atoms. The zero-order valence-electron chi connectivity index (χ0n) is 30.4. The maximum Gasteiger partial charge on any atom is 0.407 e. The maximum atomic E-state index is 12.9. The Hall–Kier alpha value is -5.97. The highest BCUT2D eigenvalue weighted by Crippen LogP contribution is 2.22. The van der Waals surface area contributed by atoms with Gasteiger partial charge in [-0.1, -0.05) is 60.7 Å². The molecule has 2 aromatic rings. The number of alkyl carbamates (subject to hydrolysis) is 2. The standard InChI is InChI=1S/C38H47N7O10/c39-31(43-35(48)29-13-7-19-44(29)33(46)21-41-37(50)53-23-26-9-3-1-4-10-26)17-18-40-32-16-15-28(55-32)25-52-36(49)30-14-8-20-45(30)34(47)22-42-38(51)54-24-27-11-5-2-6-12-27/h1-6,9-12,17-18,28-30,32,40H,7-8,13-16,19-25H2,(H,41,50)(H,42,51)(H2,39,43,48)/b18-17-/t28-,29+,30+,32+/m0/s1. The van der Waals surface area contributed by atoms with Crippen molar-refractivity contribution in [2.75, 3.05) is 32.8 Å². The van der Waals surface area contributed by atoms with Crippen LogP contribution in [0.4, 0.5) is 9.59 Å². The van der Waals surface area contributed by atoms with E-state index in [0.717, 1.165) is 11.1 Å². The predicted molar refractivity (Wildman–Crippen MR) is 196 cm³/mol. The summed E-state index contributed by atoms with van der Waals surface area (Å²) in [5.41, 5.74) is 7.59. The Morgan fingerprint density at radius 1 is 0.745 bits per heavy atom. The van der Waals surface area contributed by atoms with Gasteiger partial charge in [0.25, 0.3) is 5.91 Å².